The molecule has 2 aromatic heterocycles. The summed E-state index contributed by atoms with van der Waals surface area (Å²) in [4.78, 5) is 24.1. The number of benzene rings is 2. The Morgan fingerprint density at radius 2 is 1.91 bits per heavy atom. The van der Waals surface area contributed by atoms with Crippen molar-refractivity contribution in [2.75, 3.05) is 20.2 Å². The molecular weight excluding hydrogens is 438 g/mol. The standard InChI is InChI=1S/C29H29N3O3/c1-34-27-12-10-24(18-28(27)35-20-25-8-2-3-13-30-25)29(33)32-15-5-6-22(19-32)16-21-9-11-26-23(17-21)7-4-14-31-26/h2-4,7-14,17-18,22H,5-6,15-16,19-20H2,1H3. The van der Waals surface area contributed by atoms with Crippen molar-refractivity contribution in [1.29, 1.82) is 0 Å². The molecule has 1 amide bonds. The Bertz CT molecular complexity index is 1310. The zero-order valence-electron chi connectivity index (χ0n) is 19.9. The lowest BCUT2D eigenvalue weighted by Gasteiger charge is -2.33. The molecule has 0 bridgehead atoms. The molecule has 6 nitrogen and oxygen atoms in total. The molecule has 4 aromatic rings. The molecule has 1 atom stereocenters. The van der Waals surface area contributed by atoms with Crippen molar-refractivity contribution in [2.24, 2.45) is 5.92 Å². The van der Waals surface area contributed by atoms with E-state index in [1.54, 1.807) is 25.4 Å². The third kappa shape index (κ3) is 5.43. The number of piperidine rings is 1. The van der Waals surface area contributed by atoms with E-state index in [-0.39, 0.29) is 5.91 Å². The van der Waals surface area contributed by atoms with Gasteiger partial charge >= 0.3 is 0 Å². The smallest absolute Gasteiger partial charge is 0.254 e. The normalized spacial score (nSPS) is 15.7. The lowest BCUT2D eigenvalue weighted by molar-refractivity contribution is 0.0673. The van der Waals surface area contributed by atoms with E-state index >= 15 is 0 Å². The summed E-state index contributed by atoms with van der Waals surface area (Å²) >= 11 is 0. The minimum absolute atomic E-state index is 0.0303. The second kappa shape index (κ2) is 10.6. The highest BCUT2D eigenvalue weighted by Crippen LogP contribution is 2.30. The minimum atomic E-state index is 0.0303. The predicted octanol–water partition coefficient (Wildman–Crippen LogP) is 5.31. The van der Waals surface area contributed by atoms with Crippen LogP contribution in [0.3, 0.4) is 0 Å². The van der Waals surface area contributed by atoms with Crippen molar-refractivity contribution < 1.29 is 14.3 Å². The number of amides is 1. The number of aromatic nitrogens is 2. The summed E-state index contributed by atoms with van der Waals surface area (Å²) in [6.45, 7) is 1.83. The van der Waals surface area contributed by atoms with Gasteiger partial charge in [-0.05, 0) is 79.3 Å². The van der Waals surface area contributed by atoms with E-state index in [9.17, 15) is 4.79 Å². The molecule has 0 aliphatic carbocycles. The van der Waals surface area contributed by atoms with Gasteiger partial charge in [0.1, 0.15) is 6.61 Å². The number of ether oxygens (including phenoxy) is 2. The van der Waals surface area contributed by atoms with Crippen LogP contribution in [0.5, 0.6) is 11.5 Å². The Balaban J connectivity index is 1.27. The van der Waals surface area contributed by atoms with Crippen LogP contribution in [0, 0.1) is 5.92 Å². The maximum atomic E-state index is 13.4. The highest BCUT2D eigenvalue weighted by molar-refractivity contribution is 5.95. The van der Waals surface area contributed by atoms with E-state index in [0.717, 1.165) is 48.9 Å². The van der Waals surface area contributed by atoms with Crippen molar-refractivity contribution in [3.05, 3.63) is 95.9 Å². The molecule has 0 saturated carbocycles. The average molecular weight is 468 g/mol. The van der Waals surface area contributed by atoms with Gasteiger partial charge in [0.2, 0.25) is 0 Å². The number of methoxy groups -OCH3 is 1. The van der Waals surface area contributed by atoms with Gasteiger partial charge in [0, 0.05) is 36.4 Å². The summed E-state index contributed by atoms with van der Waals surface area (Å²) in [5, 5.41) is 1.16. The van der Waals surface area contributed by atoms with Gasteiger partial charge in [-0.3, -0.25) is 14.8 Å². The molecular formula is C29H29N3O3. The molecule has 5 rings (SSSR count). The van der Waals surface area contributed by atoms with E-state index in [1.165, 1.54) is 5.56 Å². The topological polar surface area (TPSA) is 64.5 Å². The zero-order valence-corrected chi connectivity index (χ0v) is 19.9. The number of pyridine rings is 2. The molecule has 1 aliphatic rings. The molecule has 1 aliphatic heterocycles. The van der Waals surface area contributed by atoms with Crippen LogP contribution in [0.4, 0.5) is 0 Å². The zero-order chi connectivity index (χ0) is 24.0. The van der Waals surface area contributed by atoms with Gasteiger partial charge in [-0.15, -0.1) is 0 Å². The molecule has 0 N–H and O–H groups in total. The number of nitrogens with zero attached hydrogens (tertiary/aromatic N) is 3. The molecule has 35 heavy (non-hydrogen) atoms. The van der Waals surface area contributed by atoms with Crippen molar-refractivity contribution in [3.63, 3.8) is 0 Å². The monoisotopic (exact) mass is 467 g/mol. The van der Waals surface area contributed by atoms with E-state index in [4.69, 9.17) is 9.47 Å². The molecule has 178 valence electrons. The molecule has 1 saturated heterocycles. The number of hydrogen-bond acceptors (Lipinski definition) is 5. The number of carbonyl (C=O) groups is 1. The van der Waals surface area contributed by atoms with Crippen LogP contribution in [0.15, 0.2) is 79.1 Å². The molecule has 1 fully saturated rings. The van der Waals surface area contributed by atoms with E-state index < -0.39 is 0 Å². The first-order chi connectivity index (χ1) is 17.2. The molecule has 0 spiro atoms. The maximum Gasteiger partial charge on any atom is 0.254 e. The van der Waals surface area contributed by atoms with Gasteiger partial charge in [0.25, 0.3) is 5.91 Å². The first kappa shape index (κ1) is 22.8. The Morgan fingerprint density at radius 3 is 2.77 bits per heavy atom. The molecule has 0 radical (unpaired) electrons. The maximum absolute atomic E-state index is 13.4. The number of rotatable bonds is 7. The molecule has 3 heterocycles. The Hall–Kier alpha value is -3.93. The number of likely N-dealkylation sites (tertiary alicyclic amines) is 1. The van der Waals surface area contributed by atoms with Crippen molar-refractivity contribution in [1.82, 2.24) is 14.9 Å². The quantitative estimate of drug-likeness (QED) is 0.368. The van der Waals surface area contributed by atoms with Crippen LogP contribution in [0.2, 0.25) is 0 Å². The Kier molecular flexibility index (Phi) is 6.89. The summed E-state index contributed by atoms with van der Waals surface area (Å²) in [6.07, 6.45) is 6.63. The van der Waals surface area contributed by atoms with E-state index in [2.05, 4.69) is 34.2 Å². The fraction of sp³-hybridized carbons (Fsp3) is 0.276. The van der Waals surface area contributed by atoms with Crippen LogP contribution in [0.25, 0.3) is 10.9 Å². The SMILES string of the molecule is COc1ccc(C(=O)N2CCCC(Cc3ccc4ncccc4c3)C2)cc1OCc1ccccn1. The van der Waals surface area contributed by atoms with Crippen molar-refractivity contribution in [2.45, 2.75) is 25.9 Å². The Morgan fingerprint density at radius 1 is 1.00 bits per heavy atom. The molecule has 6 heteroatoms. The summed E-state index contributed by atoms with van der Waals surface area (Å²) in [6, 6.07) is 21.6. The van der Waals surface area contributed by atoms with Gasteiger partial charge in [-0.25, -0.2) is 0 Å². The van der Waals surface area contributed by atoms with Gasteiger partial charge in [0.15, 0.2) is 11.5 Å². The predicted molar refractivity (Wildman–Crippen MR) is 136 cm³/mol. The number of fused-ring (bicyclic) bond motifs is 1. The molecule has 1 unspecified atom stereocenters. The van der Waals surface area contributed by atoms with Crippen molar-refractivity contribution >= 4 is 16.8 Å². The third-order valence-corrected chi connectivity index (χ3v) is 6.51. The lowest BCUT2D eigenvalue weighted by Crippen LogP contribution is -2.40. The number of hydrogen-bond donors (Lipinski definition) is 0. The Labute approximate surface area is 205 Å². The summed E-state index contributed by atoms with van der Waals surface area (Å²) in [5.74, 6) is 1.60. The van der Waals surface area contributed by atoms with E-state index in [1.807, 2.05) is 41.4 Å². The van der Waals surface area contributed by atoms with E-state index in [0.29, 0.717) is 29.6 Å². The van der Waals surface area contributed by atoms with Crippen LogP contribution in [0.1, 0.15) is 34.5 Å². The average Bonchev–Trinajstić information content (AvgIpc) is 2.92. The highest BCUT2D eigenvalue weighted by atomic mass is 16.5. The largest absolute Gasteiger partial charge is 0.493 e. The summed E-state index contributed by atoms with van der Waals surface area (Å²) in [5.41, 5.74) is 3.73. The van der Waals surface area contributed by atoms with Gasteiger partial charge in [-0.2, -0.15) is 0 Å². The first-order valence-electron chi connectivity index (χ1n) is 12.0. The third-order valence-electron chi connectivity index (χ3n) is 6.51. The second-order valence-corrected chi connectivity index (χ2v) is 8.97. The highest BCUT2D eigenvalue weighted by Gasteiger charge is 2.25. The summed E-state index contributed by atoms with van der Waals surface area (Å²) in [7, 11) is 1.60. The van der Waals surface area contributed by atoms with Gasteiger partial charge < -0.3 is 14.4 Å². The fourth-order valence-electron chi connectivity index (χ4n) is 4.74. The fourth-order valence-corrected chi connectivity index (χ4v) is 4.74. The van der Waals surface area contributed by atoms with Gasteiger partial charge in [-0.1, -0.05) is 18.2 Å². The van der Waals surface area contributed by atoms with Crippen LogP contribution in [-0.4, -0.2) is 41.0 Å². The van der Waals surface area contributed by atoms with Gasteiger partial charge in [0.05, 0.1) is 18.3 Å². The van der Waals surface area contributed by atoms with Crippen molar-refractivity contribution in [3.8, 4) is 11.5 Å². The molecule has 2 aromatic carbocycles. The van der Waals surface area contributed by atoms with Crippen LogP contribution < -0.4 is 9.47 Å². The van der Waals surface area contributed by atoms with Crippen LogP contribution >= 0.6 is 0 Å². The number of carbonyl (C=O) groups excluding carboxylic acids is 1. The lowest BCUT2D eigenvalue weighted by atomic mass is 9.90. The minimum Gasteiger partial charge on any atom is -0.493 e. The second-order valence-electron chi connectivity index (χ2n) is 8.97. The van der Waals surface area contributed by atoms with Crippen LogP contribution in [-0.2, 0) is 13.0 Å². The summed E-state index contributed by atoms with van der Waals surface area (Å²) < 4.78 is 11.4. The first-order valence-corrected chi connectivity index (χ1v) is 12.0.